The Morgan fingerprint density at radius 2 is 1.69 bits per heavy atom. The number of esters is 1. The molecule has 1 aliphatic rings. The Kier molecular flexibility index (Phi) is 11.8. The van der Waals surface area contributed by atoms with Crippen molar-refractivity contribution in [3.63, 3.8) is 0 Å². The van der Waals surface area contributed by atoms with Gasteiger partial charge in [-0.15, -0.1) is 0 Å². The lowest BCUT2D eigenvalue weighted by Crippen LogP contribution is -2.46. The van der Waals surface area contributed by atoms with Crippen molar-refractivity contribution in [2.75, 3.05) is 20.3 Å². The molecular weight excluding hydrogens is 384 g/mol. The van der Waals surface area contributed by atoms with Crippen LogP contribution < -0.4 is 0 Å². The zero-order chi connectivity index (χ0) is 22.8. The minimum absolute atomic E-state index is 0.0371. The van der Waals surface area contributed by atoms with Crippen LogP contribution in [0.5, 0.6) is 0 Å². The topological polar surface area (TPSA) is 143 Å². The normalized spacial score (nSPS) is 26.6. The van der Waals surface area contributed by atoms with Crippen LogP contribution in [0, 0.1) is 5.41 Å². The first-order valence-corrected chi connectivity index (χ1v) is 9.69. The van der Waals surface area contributed by atoms with Crippen LogP contribution in [0.15, 0.2) is 12.2 Å². The first kappa shape index (κ1) is 27.6. The van der Waals surface area contributed by atoms with Crippen LogP contribution in [0.25, 0.3) is 0 Å². The number of ketones is 1. The Morgan fingerprint density at radius 3 is 2.14 bits per heavy atom. The second kappa shape index (κ2) is 12.4. The summed E-state index contributed by atoms with van der Waals surface area (Å²) in [5, 5.41) is 39.1. The summed E-state index contributed by atoms with van der Waals surface area (Å²) in [6.45, 7) is 8.44. The zero-order valence-corrected chi connectivity index (χ0v) is 18.1. The monoisotopic (exact) mass is 420 g/mol. The molecule has 0 aromatic carbocycles. The van der Waals surface area contributed by atoms with E-state index in [-0.39, 0.29) is 13.0 Å². The van der Waals surface area contributed by atoms with Crippen molar-refractivity contribution >= 4 is 11.8 Å². The molecule has 0 bridgehead atoms. The molecule has 0 radical (unpaired) electrons. The standard InChI is InChI=1S/C18H30O9.C2H6/c1-17(2,3)16(23)18(24,9-12(20)25-4)7-5-6-8-26-15-14(22)13(21)11(10-19)27-15;1-2/h5-6,11,13-15,19,21-22,24H,7-10H2,1-4H3;1-2H3/b6-5+;. The lowest BCUT2D eigenvalue weighted by atomic mass is 9.77. The van der Waals surface area contributed by atoms with E-state index in [0.717, 1.165) is 0 Å². The number of hydrogen-bond donors (Lipinski definition) is 4. The van der Waals surface area contributed by atoms with Gasteiger partial charge in [-0.3, -0.25) is 9.59 Å². The van der Waals surface area contributed by atoms with Crippen LogP contribution in [-0.4, -0.2) is 82.7 Å². The molecule has 1 aliphatic heterocycles. The van der Waals surface area contributed by atoms with E-state index >= 15 is 0 Å². The van der Waals surface area contributed by atoms with Crippen LogP contribution in [0.3, 0.4) is 0 Å². The van der Waals surface area contributed by atoms with Crippen LogP contribution in [0.4, 0.5) is 0 Å². The molecule has 1 saturated heterocycles. The van der Waals surface area contributed by atoms with Gasteiger partial charge in [0.15, 0.2) is 12.1 Å². The van der Waals surface area contributed by atoms with Crippen molar-refractivity contribution in [3.8, 4) is 0 Å². The molecule has 5 atom stereocenters. The average molecular weight is 420 g/mol. The van der Waals surface area contributed by atoms with Gasteiger partial charge in [-0.05, 0) is 0 Å². The molecule has 1 heterocycles. The van der Waals surface area contributed by atoms with Crippen molar-refractivity contribution in [2.24, 2.45) is 5.41 Å². The Balaban J connectivity index is 0.00000379. The summed E-state index contributed by atoms with van der Waals surface area (Å²) in [5.41, 5.74) is -2.77. The fourth-order valence-corrected chi connectivity index (χ4v) is 2.75. The van der Waals surface area contributed by atoms with Gasteiger partial charge in [0.25, 0.3) is 0 Å². The van der Waals surface area contributed by atoms with Gasteiger partial charge in [0.1, 0.15) is 23.9 Å². The molecule has 0 aromatic rings. The molecule has 170 valence electrons. The number of aliphatic hydroxyl groups excluding tert-OH is 3. The van der Waals surface area contributed by atoms with Crippen LogP contribution in [-0.2, 0) is 23.8 Å². The average Bonchev–Trinajstić information content (AvgIpc) is 2.95. The van der Waals surface area contributed by atoms with E-state index in [2.05, 4.69) is 4.74 Å². The SMILES string of the molecule is CC.COC(=O)CC(O)(C/C=C/COC1OC(CO)C(O)C1O)C(=O)C(C)(C)C. The minimum Gasteiger partial charge on any atom is -0.469 e. The fraction of sp³-hybridized carbons (Fsp3) is 0.800. The highest BCUT2D eigenvalue weighted by Crippen LogP contribution is 2.29. The summed E-state index contributed by atoms with van der Waals surface area (Å²) in [4.78, 5) is 24.1. The molecule has 0 amide bonds. The van der Waals surface area contributed by atoms with Gasteiger partial charge in [0, 0.05) is 11.8 Å². The van der Waals surface area contributed by atoms with Gasteiger partial charge in [-0.25, -0.2) is 0 Å². The predicted molar refractivity (Wildman–Crippen MR) is 105 cm³/mol. The van der Waals surface area contributed by atoms with Crippen LogP contribution >= 0.6 is 0 Å². The molecule has 4 N–H and O–H groups in total. The van der Waals surface area contributed by atoms with E-state index in [4.69, 9.17) is 14.6 Å². The number of rotatable bonds is 9. The molecule has 1 rings (SSSR count). The van der Waals surface area contributed by atoms with E-state index < -0.39 is 60.4 Å². The van der Waals surface area contributed by atoms with Crippen molar-refractivity contribution in [1.29, 1.82) is 0 Å². The summed E-state index contributed by atoms with van der Waals surface area (Å²) in [5.74, 6) is -1.19. The van der Waals surface area contributed by atoms with Crippen molar-refractivity contribution in [3.05, 3.63) is 12.2 Å². The van der Waals surface area contributed by atoms with Gasteiger partial charge in [0.2, 0.25) is 0 Å². The largest absolute Gasteiger partial charge is 0.469 e. The van der Waals surface area contributed by atoms with E-state index in [1.165, 1.54) is 19.3 Å². The van der Waals surface area contributed by atoms with E-state index in [0.29, 0.717) is 0 Å². The first-order valence-electron chi connectivity index (χ1n) is 9.69. The summed E-state index contributed by atoms with van der Waals surface area (Å²) < 4.78 is 15.0. The van der Waals surface area contributed by atoms with Crippen LogP contribution in [0.2, 0.25) is 0 Å². The molecule has 5 unspecified atom stereocenters. The van der Waals surface area contributed by atoms with Crippen molar-refractivity contribution < 1.29 is 44.2 Å². The quantitative estimate of drug-likeness (QED) is 0.306. The molecule has 9 nitrogen and oxygen atoms in total. The Labute approximate surface area is 172 Å². The predicted octanol–water partition coefficient (Wildman–Crippen LogP) is 0.324. The zero-order valence-electron chi connectivity index (χ0n) is 18.1. The number of carbonyl (C=O) groups is 2. The third-order valence-electron chi connectivity index (χ3n) is 4.25. The molecule has 0 saturated carbocycles. The van der Waals surface area contributed by atoms with Crippen molar-refractivity contribution in [2.45, 2.75) is 77.7 Å². The van der Waals surface area contributed by atoms with Gasteiger partial charge >= 0.3 is 5.97 Å². The number of hydrogen-bond acceptors (Lipinski definition) is 9. The second-order valence-corrected chi connectivity index (χ2v) is 7.58. The maximum absolute atomic E-state index is 12.5. The molecule has 0 aliphatic carbocycles. The summed E-state index contributed by atoms with van der Waals surface area (Å²) in [7, 11) is 1.18. The molecule has 1 fully saturated rings. The first-order chi connectivity index (χ1) is 13.5. The summed E-state index contributed by atoms with van der Waals surface area (Å²) in [6, 6.07) is 0. The van der Waals surface area contributed by atoms with Gasteiger partial charge in [-0.2, -0.15) is 0 Å². The molecule has 0 aromatic heterocycles. The van der Waals surface area contributed by atoms with Crippen molar-refractivity contribution in [1.82, 2.24) is 0 Å². The Bertz CT molecular complexity index is 541. The molecule has 9 heteroatoms. The highest BCUT2D eigenvalue weighted by molar-refractivity contribution is 5.94. The highest BCUT2D eigenvalue weighted by atomic mass is 16.7. The highest BCUT2D eigenvalue weighted by Gasteiger charge is 2.44. The minimum atomic E-state index is -1.91. The third-order valence-corrected chi connectivity index (χ3v) is 4.25. The van der Waals surface area contributed by atoms with E-state index in [9.17, 15) is 24.9 Å². The lowest BCUT2D eigenvalue weighted by Gasteiger charge is -2.31. The molecule has 0 spiro atoms. The fourth-order valence-electron chi connectivity index (χ4n) is 2.75. The lowest BCUT2D eigenvalue weighted by molar-refractivity contribution is -0.162. The summed E-state index contributed by atoms with van der Waals surface area (Å²) >= 11 is 0. The molecule has 29 heavy (non-hydrogen) atoms. The number of ether oxygens (including phenoxy) is 3. The number of Topliss-reactive ketones (excluding diaryl/α,β-unsaturated/α-hetero) is 1. The maximum atomic E-state index is 12.5. The van der Waals surface area contributed by atoms with Crippen LogP contribution in [0.1, 0.15) is 47.5 Å². The van der Waals surface area contributed by atoms with Gasteiger partial charge in [0.05, 0.1) is 26.7 Å². The smallest absolute Gasteiger partial charge is 0.308 e. The third kappa shape index (κ3) is 8.12. The Hall–Kier alpha value is -1.36. The van der Waals surface area contributed by atoms with E-state index in [1.807, 2.05) is 13.8 Å². The number of methoxy groups -OCH3 is 1. The summed E-state index contributed by atoms with van der Waals surface area (Å²) in [6.07, 6.45) is -2.21. The van der Waals surface area contributed by atoms with Gasteiger partial charge in [-0.1, -0.05) is 46.8 Å². The number of aliphatic hydroxyl groups is 4. The number of carbonyl (C=O) groups excluding carboxylic acids is 2. The molecular formula is C20H36O9. The second-order valence-electron chi connectivity index (χ2n) is 7.58. The van der Waals surface area contributed by atoms with E-state index in [1.54, 1.807) is 20.8 Å². The maximum Gasteiger partial charge on any atom is 0.308 e. The Morgan fingerprint density at radius 1 is 1.10 bits per heavy atom. The van der Waals surface area contributed by atoms with Gasteiger partial charge < -0.3 is 34.6 Å².